The SMILES string of the molecule is CCOC(=O)OC1CCN(c2ncnc(Oc3cc(OC)ccc3C(=O)c3ccccc3)c2[N+](=O)[O-])CC1. The third kappa shape index (κ3) is 5.97. The zero-order valence-electron chi connectivity index (χ0n) is 20.9. The Labute approximate surface area is 218 Å². The van der Waals surface area contributed by atoms with Crippen LogP contribution in [0.2, 0.25) is 0 Å². The molecule has 0 spiro atoms. The predicted molar refractivity (Wildman–Crippen MR) is 135 cm³/mol. The van der Waals surface area contributed by atoms with Gasteiger partial charge >= 0.3 is 17.7 Å². The van der Waals surface area contributed by atoms with Crippen LogP contribution in [0.1, 0.15) is 35.7 Å². The number of hydrogen-bond donors (Lipinski definition) is 0. The standard InChI is InChI=1S/C26H26N4O8/c1-3-36-26(32)37-18-11-13-29(14-12-18)24-22(30(33)34)25(28-16-27-24)38-21-15-19(35-2)9-10-20(21)23(31)17-7-5-4-6-8-17/h4-10,15-16,18H,3,11-14H2,1-2H3. The molecule has 0 radical (unpaired) electrons. The molecular weight excluding hydrogens is 496 g/mol. The molecule has 0 saturated carbocycles. The Hall–Kier alpha value is -4.74. The first-order valence-corrected chi connectivity index (χ1v) is 11.9. The topological polar surface area (TPSA) is 143 Å². The van der Waals surface area contributed by atoms with Crippen molar-refractivity contribution in [2.75, 3.05) is 31.7 Å². The number of piperidine rings is 1. The lowest BCUT2D eigenvalue weighted by molar-refractivity contribution is -0.385. The molecule has 0 bridgehead atoms. The maximum atomic E-state index is 13.2. The normalized spacial score (nSPS) is 13.5. The second-order valence-corrected chi connectivity index (χ2v) is 8.25. The number of aromatic nitrogens is 2. The van der Waals surface area contributed by atoms with Crippen LogP contribution < -0.4 is 14.4 Å². The van der Waals surface area contributed by atoms with Crippen LogP contribution in [0.25, 0.3) is 0 Å². The Morgan fingerprint density at radius 2 is 1.84 bits per heavy atom. The van der Waals surface area contributed by atoms with Crippen molar-refractivity contribution in [1.82, 2.24) is 9.97 Å². The molecule has 1 aliphatic heterocycles. The molecule has 1 fully saturated rings. The average molecular weight is 523 g/mol. The molecule has 0 amide bonds. The molecule has 2 heterocycles. The van der Waals surface area contributed by atoms with Gasteiger partial charge in [0.1, 0.15) is 23.9 Å². The molecule has 3 aromatic rings. The summed E-state index contributed by atoms with van der Waals surface area (Å²) in [7, 11) is 1.46. The Balaban J connectivity index is 1.62. The van der Waals surface area contributed by atoms with E-state index in [0.29, 0.717) is 37.2 Å². The number of benzene rings is 2. The van der Waals surface area contributed by atoms with Gasteiger partial charge in [-0.15, -0.1) is 0 Å². The summed E-state index contributed by atoms with van der Waals surface area (Å²) in [4.78, 5) is 46.2. The summed E-state index contributed by atoms with van der Waals surface area (Å²) in [6.07, 6.45) is 0.917. The van der Waals surface area contributed by atoms with E-state index in [1.165, 1.54) is 19.2 Å². The summed E-state index contributed by atoms with van der Waals surface area (Å²) in [5.74, 6) is -0.143. The van der Waals surface area contributed by atoms with Crippen molar-refractivity contribution in [3.05, 3.63) is 76.1 Å². The van der Waals surface area contributed by atoms with Gasteiger partial charge in [-0.25, -0.2) is 9.78 Å². The van der Waals surface area contributed by atoms with Crippen LogP contribution in [0.3, 0.4) is 0 Å². The summed E-state index contributed by atoms with van der Waals surface area (Å²) < 4.78 is 21.3. The van der Waals surface area contributed by atoms with Crippen molar-refractivity contribution in [2.24, 2.45) is 0 Å². The smallest absolute Gasteiger partial charge is 0.497 e. The molecule has 12 nitrogen and oxygen atoms in total. The van der Waals surface area contributed by atoms with Gasteiger partial charge in [-0.1, -0.05) is 30.3 Å². The van der Waals surface area contributed by atoms with Crippen LogP contribution in [-0.4, -0.2) is 59.7 Å². The van der Waals surface area contributed by atoms with E-state index in [2.05, 4.69) is 9.97 Å². The van der Waals surface area contributed by atoms with Gasteiger partial charge in [0.05, 0.1) is 24.2 Å². The van der Waals surface area contributed by atoms with Gasteiger partial charge in [-0.2, -0.15) is 4.98 Å². The van der Waals surface area contributed by atoms with E-state index in [-0.39, 0.29) is 41.5 Å². The molecule has 1 aliphatic rings. The van der Waals surface area contributed by atoms with E-state index in [1.807, 2.05) is 0 Å². The minimum atomic E-state index is -0.742. The number of hydrogen-bond acceptors (Lipinski definition) is 11. The Kier molecular flexibility index (Phi) is 8.31. The monoisotopic (exact) mass is 522 g/mol. The Morgan fingerprint density at radius 1 is 1.11 bits per heavy atom. The summed E-state index contributed by atoms with van der Waals surface area (Å²) >= 11 is 0. The number of anilines is 1. The van der Waals surface area contributed by atoms with Gasteiger partial charge in [-0.3, -0.25) is 14.9 Å². The Morgan fingerprint density at radius 3 is 2.50 bits per heavy atom. The molecular formula is C26H26N4O8. The molecule has 198 valence electrons. The first-order chi connectivity index (χ1) is 18.4. The van der Waals surface area contributed by atoms with E-state index in [0.717, 1.165) is 6.33 Å². The number of methoxy groups -OCH3 is 1. The minimum absolute atomic E-state index is 0.0486. The van der Waals surface area contributed by atoms with Crippen LogP contribution in [0, 0.1) is 10.1 Å². The van der Waals surface area contributed by atoms with Gasteiger partial charge < -0.3 is 23.8 Å². The highest BCUT2D eigenvalue weighted by atomic mass is 16.7. The number of ketones is 1. The predicted octanol–water partition coefficient (Wildman–Crippen LogP) is 4.56. The molecule has 0 aliphatic carbocycles. The average Bonchev–Trinajstić information content (AvgIpc) is 2.93. The van der Waals surface area contributed by atoms with E-state index < -0.39 is 16.8 Å². The van der Waals surface area contributed by atoms with Crippen LogP contribution >= 0.6 is 0 Å². The highest BCUT2D eigenvalue weighted by molar-refractivity contribution is 6.10. The zero-order valence-corrected chi connectivity index (χ0v) is 20.9. The molecule has 0 unspecified atom stereocenters. The maximum absolute atomic E-state index is 13.2. The van der Waals surface area contributed by atoms with Crippen LogP contribution in [0.4, 0.5) is 16.3 Å². The van der Waals surface area contributed by atoms with Gasteiger partial charge in [-0.05, 0) is 19.1 Å². The van der Waals surface area contributed by atoms with E-state index in [4.69, 9.17) is 18.9 Å². The number of nitrogens with zero attached hydrogens (tertiary/aromatic N) is 4. The van der Waals surface area contributed by atoms with E-state index >= 15 is 0 Å². The fraction of sp³-hybridized carbons (Fsp3) is 0.308. The quantitative estimate of drug-likeness (QED) is 0.169. The van der Waals surface area contributed by atoms with Crippen molar-refractivity contribution in [2.45, 2.75) is 25.9 Å². The molecule has 0 N–H and O–H groups in total. The lowest BCUT2D eigenvalue weighted by Crippen LogP contribution is -2.38. The second kappa shape index (κ2) is 12.0. The molecule has 0 atom stereocenters. The summed E-state index contributed by atoms with van der Waals surface area (Å²) in [5.41, 5.74) is 0.162. The van der Waals surface area contributed by atoms with Gasteiger partial charge in [0, 0.05) is 37.6 Å². The lowest BCUT2D eigenvalue weighted by Gasteiger charge is -2.31. The number of nitro groups is 1. The molecule has 4 rings (SSSR count). The number of carbonyl (C=O) groups is 2. The van der Waals surface area contributed by atoms with Crippen molar-refractivity contribution >= 4 is 23.4 Å². The van der Waals surface area contributed by atoms with Crippen molar-refractivity contribution < 1.29 is 33.5 Å². The first-order valence-electron chi connectivity index (χ1n) is 11.9. The fourth-order valence-electron chi connectivity index (χ4n) is 4.04. The van der Waals surface area contributed by atoms with Gasteiger partial charge in [0.25, 0.3) is 0 Å². The van der Waals surface area contributed by atoms with Crippen molar-refractivity contribution in [3.8, 4) is 17.4 Å². The van der Waals surface area contributed by atoms with Gasteiger partial charge in [0.15, 0.2) is 5.78 Å². The van der Waals surface area contributed by atoms with E-state index in [9.17, 15) is 19.7 Å². The lowest BCUT2D eigenvalue weighted by atomic mass is 10.0. The fourth-order valence-corrected chi connectivity index (χ4v) is 4.04. The van der Waals surface area contributed by atoms with Crippen molar-refractivity contribution in [3.63, 3.8) is 0 Å². The molecule has 38 heavy (non-hydrogen) atoms. The highest BCUT2D eigenvalue weighted by Gasteiger charge is 2.33. The van der Waals surface area contributed by atoms with Gasteiger partial charge in [0.2, 0.25) is 5.82 Å². The van der Waals surface area contributed by atoms with Crippen LogP contribution in [-0.2, 0) is 9.47 Å². The second-order valence-electron chi connectivity index (χ2n) is 8.25. The third-order valence-corrected chi connectivity index (χ3v) is 5.89. The zero-order chi connectivity index (χ0) is 27.1. The number of ether oxygens (including phenoxy) is 4. The number of rotatable bonds is 9. The third-order valence-electron chi connectivity index (χ3n) is 5.89. The molecule has 1 aromatic heterocycles. The first kappa shape index (κ1) is 26.3. The summed E-state index contributed by atoms with van der Waals surface area (Å²) in [5, 5.41) is 12.2. The largest absolute Gasteiger partial charge is 0.508 e. The van der Waals surface area contributed by atoms with Crippen LogP contribution in [0.15, 0.2) is 54.9 Å². The summed E-state index contributed by atoms with van der Waals surface area (Å²) in [6.45, 7) is 2.58. The number of carbonyl (C=O) groups excluding carboxylic acids is 2. The Bertz CT molecular complexity index is 1310. The highest BCUT2D eigenvalue weighted by Crippen LogP contribution is 2.39. The minimum Gasteiger partial charge on any atom is -0.497 e. The maximum Gasteiger partial charge on any atom is 0.508 e. The molecule has 1 saturated heterocycles. The van der Waals surface area contributed by atoms with Crippen molar-refractivity contribution in [1.29, 1.82) is 0 Å². The molecule has 2 aromatic carbocycles. The molecule has 12 heteroatoms. The van der Waals surface area contributed by atoms with E-state index in [1.54, 1.807) is 48.2 Å². The van der Waals surface area contributed by atoms with Crippen LogP contribution in [0.5, 0.6) is 17.4 Å². The summed E-state index contributed by atoms with van der Waals surface area (Å²) in [6, 6.07) is 13.2.